The molecule has 35 heavy (non-hydrogen) atoms. The van der Waals surface area contributed by atoms with Gasteiger partial charge in [-0.3, -0.25) is 9.59 Å². The molecule has 1 aromatic rings. The van der Waals surface area contributed by atoms with E-state index in [0.717, 1.165) is 23.3 Å². The number of nitrogens with zero attached hydrogens (tertiary/aromatic N) is 1. The zero-order chi connectivity index (χ0) is 25.6. The Labute approximate surface area is 214 Å². The van der Waals surface area contributed by atoms with Crippen LogP contribution in [0.15, 0.2) is 40.9 Å². The summed E-state index contributed by atoms with van der Waals surface area (Å²) in [6.07, 6.45) is 2.49. The van der Waals surface area contributed by atoms with Crippen molar-refractivity contribution in [3.05, 3.63) is 46.5 Å². The Bertz CT molecular complexity index is 935. The lowest BCUT2D eigenvalue weighted by Gasteiger charge is -2.39. The van der Waals surface area contributed by atoms with E-state index in [4.69, 9.17) is 14.6 Å². The van der Waals surface area contributed by atoms with Crippen LogP contribution in [0.5, 0.6) is 0 Å². The molecular weight excluding hydrogens is 518 g/mol. The van der Waals surface area contributed by atoms with Crippen molar-refractivity contribution in [2.75, 3.05) is 13.2 Å². The standard InChI is InChI=1S/C26H34BrNO7/c1-17(2)20-16-34-25(32)28(20)24(31)19(14-18-10-6-5-7-11-18)23-21(30)15-22(27)26(33,35-23)12-8-3-4-9-13-29/h5-7,10-11,15,17,19-20,23,29,33H,3-4,8-9,12-14,16H2,1-2H3/t19-,20-,23+,26-/m1/s1. The summed E-state index contributed by atoms with van der Waals surface area (Å²) in [7, 11) is 0. The van der Waals surface area contributed by atoms with Crippen molar-refractivity contribution in [2.45, 2.75) is 70.3 Å². The minimum Gasteiger partial charge on any atom is -0.447 e. The van der Waals surface area contributed by atoms with Gasteiger partial charge in [-0.2, -0.15) is 0 Å². The van der Waals surface area contributed by atoms with Crippen molar-refractivity contribution in [3.63, 3.8) is 0 Å². The Kier molecular flexibility index (Phi) is 9.63. The fourth-order valence-corrected chi connectivity index (χ4v) is 5.00. The average molecular weight is 552 g/mol. The van der Waals surface area contributed by atoms with E-state index in [0.29, 0.717) is 12.8 Å². The highest BCUT2D eigenvalue weighted by molar-refractivity contribution is 9.11. The maximum Gasteiger partial charge on any atom is 0.416 e. The number of aliphatic hydroxyl groups is 2. The summed E-state index contributed by atoms with van der Waals surface area (Å²) in [6.45, 7) is 4.01. The maximum atomic E-state index is 13.8. The first-order valence-electron chi connectivity index (χ1n) is 12.1. The fourth-order valence-electron chi connectivity index (χ4n) is 4.48. The number of unbranched alkanes of at least 4 members (excludes halogenated alkanes) is 3. The van der Waals surface area contributed by atoms with Gasteiger partial charge in [-0.05, 0) is 52.7 Å². The van der Waals surface area contributed by atoms with Crippen LogP contribution >= 0.6 is 15.9 Å². The first kappa shape index (κ1) is 27.5. The fraction of sp³-hybridized carbons (Fsp3) is 0.577. The quantitative estimate of drug-likeness (QED) is 0.403. The molecule has 4 atom stereocenters. The number of hydrogen-bond donors (Lipinski definition) is 2. The number of cyclic esters (lactones) is 1. The number of hydrogen-bond acceptors (Lipinski definition) is 7. The highest BCUT2D eigenvalue weighted by Crippen LogP contribution is 2.38. The van der Waals surface area contributed by atoms with Gasteiger partial charge in [0.05, 0.1) is 16.4 Å². The van der Waals surface area contributed by atoms with E-state index < -0.39 is 41.6 Å². The third-order valence-electron chi connectivity index (χ3n) is 6.56. The number of halogens is 1. The predicted molar refractivity (Wildman–Crippen MR) is 132 cm³/mol. The third-order valence-corrected chi connectivity index (χ3v) is 7.41. The van der Waals surface area contributed by atoms with E-state index in [1.54, 1.807) is 0 Å². The Morgan fingerprint density at radius 3 is 2.51 bits per heavy atom. The van der Waals surface area contributed by atoms with Gasteiger partial charge in [-0.25, -0.2) is 9.69 Å². The molecule has 9 heteroatoms. The molecule has 0 aliphatic carbocycles. The van der Waals surface area contributed by atoms with Gasteiger partial charge in [0.25, 0.3) is 0 Å². The summed E-state index contributed by atoms with van der Waals surface area (Å²) in [6, 6.07) is 8.76. The molecule has 2 heterocycles. The van der Waals surface area contributed by atoms with Crippen molar-refractivity contribution in [3.8, 4) is 0 Å². The van der Waals surface area contributed by atoms with Gasteiger partial charge >= 0.3 is 6.09 Å². The second-order valence-corrected chi connectivity index (χ2v) is 10.4. The molecule has 1 aromatic carbocycles. The highest BCUT2D eigenvalue weighted by atomic mass is 79.9. The predicted octanol–water partition coefficient (Wildman–Crippen LogP) is 3.73. The minimum atomic E-state index is -1.77. The van der Waals surface area contributed by atoms with Gasteiger partial charge in [0.15, 0.2) is 11.6 Å². The molecule has 2 aliphatic heterocycles. The molecule has 0 radical (unpaired) electrons. The zero-order valence-corrected chi connectivity index (χ0v) is 21.8. The zero-order valence-electron chi connectivity index (χ0n) is 20.2. The van der Waals surface area contributed by atoms with Crippen LogP contribution in [0.4, 0.5) is 4.79 Å². The topological polar surface area (TPSA) is 113 Å². The van der Waals surface area contributed by atoms with Crippen LogP contribution in [0.2, 0.25) is 0 Å². The van der Waals surface area contributed by atoms with Gasteiger partial charge in [-0.15, -0.1) is 0 Å². The highest BCUT2D eigenvalue weighted by Gasteiger charge is 2.50. The molecule has 1 saturated heterocycles. The van der Waals surface area contributed by atoms with Crippen LogP contribution in [-0.4, -0.2) is 64.0 Å². The first-order valence-corrected chi connectivity index (χ1v) is 12.9. The molecule has 0 bridgehead atoms. The second kappa shape index (κ2) is 12.3. The normalized spacial score (nSPS) is 25.5. The van der Waals surface area contributed by atoms with Crippen molar-refractivity contribution >= 4 is 33.7 Å². The van der Waals surface area contributed by atoms with Crippen molar-refractivity contribution < 1.29 is 34.1 Å². The number of aliphatic hydroxyl groups excluding tert-OH is 1. The molecule has 0 unspecified atom stereocenters. The molecular formula is C26H34BrNO7. The molecule has 192 valence electrons. The van der Waals surface area contributed by atoms with Crippen LogP contribution in [0, 0.1) is 11.8 Å². The lowest BCUT2D eigenvalue weighted by molar-refractivity contribution is -0.218. The molecule has 2 N–H and O–H groups in total. The van der Waals surface area contributed by atoms with E-state index in [9.17, 15) is 19.5 Å². The summed E-state index contributed by atoms with van der Waals surface area (Å²) in [5, 5.41) is 20.3. The molecule has 0 saturated carbocycles. The van der Waals surface area contributed by atoms with E-state index in [1.807, 2.05) is 44.2 Å². The molecule has 8 nitrogen and oxygen atoms in total. The molecule has 2 amide bonds. The summed E-state index contributed by atoms with van der Waals surface area (Å²) in [4.78, 5) is 40.5. The Hall–Kier alpha value is -2.07. The van der Waals surface area contributed by atoms with Gasteiger partial charge in [0.1, 0.15) is 12.7 Å². The molecule has 0 spiro atoms. The Morgan fingerprint density at radius 2 is 1.86 bits per heavy atom. The number of carbonyl (C=O) groups excluding carboxylic acids is 3. The van der Waals surface area contributed by atoms with Crippen LogP contribution < -0.4 is 0 Å². The maximum absolute atomic E-state index is 13.8. The second-order valence-electron chi connectivity index (χ2n) is 9.50. The summed E-state index contributed by atoms with van der Waals surface area (Å²) in [5.74, 6) is -3.84. The number of ether oxygens (including phenoxy) is 2. The van der Waals surface area contributed by atoms with Gasteiger partial charge < -0.3 is 19.7 Å². The summed E-state index contributed by atoms with van der Waals surface area (Å²) < 4.78 is 11.4. The minimum absolute atomic E-state index is 0.0318. The van der Waals surface area contributed by atoms with Crippen molar-refractivity contribution in [1.29, 1.82) is 0 Å². The number of imide groups is 1. The Morgan fingerprint density at radius 1 is 1.17 bits per heavy atom. The first-order chi connectivity index (χ1) is 16.7. The van der Waals surface area contributed by atoms with Crippen LogP contribution in [0.3, 0.4) is 0 Å². The van der Waals surface area contributed by atoms with Crippen LogP contribution in [0.1, 0.15) is 51.5 Å². The average Bonchev–Trinajstić information content (AvgIpc) is 3.22. The van der Waals surface area contributed by atoms with E-state index in [2.05, 4.69) is 15.9 Å². The van der Waals surface area contributed by atoms with E-state index >= 15 is 0 Å². The van der Waals surface area contributed by atoms with Crippen LogP contribution in [0.25, 0.3) is 0 Å². The number of rotatable bonds is 11. The lowest BCUT2D eigenvalue weighted by Crippen LogP contribution is -2.54. The SMILES string of the molecule is CC(C)[C@H]1COC(=O)N1C(=O)[C@H](Cc1ccccc1)[C@@H]1O[C@](O)(CCCCCCO)C(Br)=CC1=O. The smallest absolute Gasteiger partial charge is 0.416 e. The molecule has 2 aliphatic rings. The van der Waals surface area contributed by atoms with Crippen molar-refractivity contribution in [1.82, 2.24) is 4.90 Å². The molecule has 1 fully saturated rings. The van der Waals surface area contributed by atoms with Gasteiger partial charge in [0, 0.05) is 13.0 Å². The van der Waals surface area contributed by atoms with E-state index in [1.165, 1.54) is 6.08 Å². The lowest BCUT2D eigenvalue weighted by atomic mass is 9.87. The number of ketones is 1. The van der Waals surface area contributed by atoms with E-state index in [-0.39, 0.29) is 36.5 Å². The summed E-state index contributed by atoms with van der Waals surface area (Å²) >= 11 is 3.27. The van der Waals surface area contributed by atoms with Gasteiger partial charge in [0.2, 0.25) is 5.91 Å². The molecule has 0 aromatic heterocycles. The molecule has 3 rings (SSSR count). The summed E-state index contributed by atoms with van der Waals surface area (Å²) in [5.41, 5.74) is 0.803. The van der Waals surface area contributed by atoms with Crippen LogP contribution in [-0.2, 0) is 25.5 Å². The van der Waals surface area contributed by atoms with Crippen molar-refractivity contribution in [2.24, 2.45) is 11.8 Å². The van der Waals surface area contributed by atoms with Gasteiger partial charge in [-0.1, -0.05) is 57.0 Å². The number of amides is 2. The largest absolute Gasteiger partial charge is 0.447 e. The number of benzene rings is 1. The monoisotopic (exact) mass is 551 g/mol. The number of carbonyl (C=O) groups is 3. The Balaban J connectivity index is 1.89. The third kappa shape index (κ3) is 6.58.